The molecule has 1 aromatic carbocycles. The van der Waals surface area contributed by atoms with Gasteiger partial charge in [0.25, 0.3) is 0 Å². The Bertz CT molecular complexity index is 581. The SMILES string of the molecule is Cc1c(C)n(CCC(=O)N(C)C)c2ccccc12. The van der Waals surface area contributed by atoms with Gasteiger partial charge < -0.3 is 9.47 Å². The third kappa shape index (κ3) is 2.13. The molecule has 0 aliphatic rings. The highest BCUT2D eigenvalue weighted by Crippen LogP contribution is 2.25. The number of carbonyl (C=O) groups excluding carboxylic acids is 1. The summed E-state index contributed by atoms with van der Waals surface area (Å²) in [4.78, 5) is 13.3. The van der Waals surface area contributed by atoms with Crippen molar-refractivity contribution in [3.05, 3.63) is 35.5 Å². The number of fused-ring (bicyclic) bond motifs is 1. The molecule has 96 valence electrons. The van der Waals surface area contributed by atoms with Gasteiger partial charge in [-0.3, -0.25) is 4.79 Å². The number of amides is 1. The van der Waals surface area contributed by atoms with Crippen molar-refractivity contribution in [2.45, 2.75) is 26.8 Å². The van der Waals surface area contributed by atoms with Gasteiger partial charge in [-0.2, -0.15) is 0 Å². The van der Waals surface area contributed by atoms with Gasteiger partial charge in [0.1, 0.15) is 0 Å². The Labute approximate surface area is 108 Å². The molecule has 0 saturated carbocycles. The average molecular weight is 244 g/mol. The monoisotopic (exact) mass is 244 g/mol. The second-order valence-electron chi connectivity index (χ2n) is 4.92. The fraction of sp³-hybridized carbons (Fsp3) is 0.400. The van der Waals surface area contributed by atoms with Crippen LogP contribution in [0.25, 0.3) is 10.9 Å². The van der Waals surface area contributed by atoms with Gasteiger partial charge in [0.2, 0.25) is 5.91 Å². The minimum absolute atomic E-state index is 0.171. The summed E-state index contributed by atoms with van der Waals surface area (Å²) in [5.41, 5.74) is 3.78. The summed E-state index contributed by atoms with van der Waals surface area (Å²) in [6.07, 6.45) is 0.548. The van der Waals surface area contributed by atoms with Crippen molar-refractivity contribution in [3.8, 4) is 0 Å². The quantitative estimate of drug-likeness (QED) is 0.815. The van der Waals surface area contributed by atoms with Crippen LogP contribution in [0.5, 0.6) is 0 Å². The van der Waals surface area contributed by atoms with Crippen LogP contribution < -0.4 is 0 Å². The van der Waals surface area contributed by atoms with E-state index in [0.29, 0.717) is 6.42 Å². The summed E-state index contributed by atoms with van der Waals surface area (Å²) in [5.74, 6) is 0.171. The van der Waals surface area contributed by atoms with E-state index in [9.17, 15) is 4.79 Å². The van der Waals surface area contributed by atoms with Crippen LogP contribution in [0.2, 0.25) is 0 Å². The van der Waals surface area contributed by atoms with E-state index in [1.54, 1.807) is 19.0 Å². The molecule has 2 rings (SSSR count). The van der Waals surface area contributed by atoms with Gasteiger partial charge in [-0.15, -0.1) is 0 Å². The highest BCUT2D eigenvalue weighted by Gasteiger charge is 2.11. The Morgan fingerprint density at radius 2 is 1.89 bits per heavy atom. The summed E-state index contributed by atoms with van der Waals surface area (Å²) in [5, 5.41) is 1.28. The van der Waals surface area contributed by atoms with Crippen LogP contribution >= 0.6 is 0 Å². The predicted molar refractivity (Wildman–Crippen MR) is 74.7 cm³/mol. The van der Waals surface area contributed by atoms with E-state index in [0.717, 1.165) is 6.54 Å². The largest absolute Gasteiger partial charge is 0.349 e. The molecule has 0 fully saturated rings. The molecule has 0 N–H and O–H groups in total. The Morgan fingerprint density at radius 1 is 1.22 bits per heavy atom. The molecule has 18 heavy (non-hydrogen) atoms. The molecule has 0 spiro atoms. The molecule has 0 saturated heterocycles. The smallest absolute Gasteiger partial charge is 0.223 e. The predicted octanol–water partition coefficient (Wildman–Crippen LogP) is 2.74. The van der Waals surface area contributed by atoms with Gasteiger partial charge in [-0.05, 0) is 25.5 Å². The molecule has 0 aliphatic carbocycles. The van der Waals surface area contributed by atoms with Gasteiger partial charge in [-0.1, -0.05) is 18.2 Å². The van der Waals surface area contributed by atoms with E-state index in [1.165, 1.54) is 22.2 Å². The minimum atomic E-state index is 0.171. The maximum absolute atomic E-state index is 11.7. The average Bonchev–Trinajstić information content (AvgIpc) is 2.60. The van der Waals surface area contributed by atoms with E-state index in [1.807, 2.05) is 6.07 Å². The maximum Gasteiger partial charge on any atom is 0.223 e. The third-order valence-corrected chi connectivity index (χ3v) is 3.59. The van der Waals surface area contributed by atoms with Crippen LogP contribution in [0.3, 0.4) is 0 Å². The van der Waals surface area contributed by atoms with Crippen molar-refractivity contribution in [2.75, 3.05) is 14.1 Å². The lowest BCUT2D eigenvalue weighted by molar-refractivity contribution is -0.128. The van der Waals surface area contributed by atoms with E-state index in [-0.39, 0.29) is 5.91 Å². The van der Waals surface area contributed by atoms with Crippen molar-refractivity contribution in [1.82, 2.24) is 9.47 Å². The molecule has 1 amide bonds. The number of benzene rings is 1. The van der Waals surface area contributed by atoms with Crippen molar-refractivity contribution in [2.24, 2.45) is 0 Å². The highest BCUT2D eigenvalue weighted by molar-refractivity contribution is 5.85. The lowest BCUT2D eigenvalue weighted by atomic mass is 10.2. The standard InChI is InChI=1S/C15H20N2O/c1-11-12(2)17(10-9-15(18)16(3)4)14-8-6-5-7-13(11)14/h5-8H,9-10H2,1-4H3. The number of para-hydroxylation sites is 1. The molecule has 1 aromatic heterocycles. The zero-order chi connectivity index (χ0) is 13.3. The van der Waals surface area contributed by atoms with Crippen LogP contribution in [0.1, 0.15) is 17.7 Å². The number of rotatable bonds is 3. The normalized spacial score (nSPS) is 10.9. The van der Waals surface area contributed by atoms with E-state index in [2.05, 4.69) is 36.6 Å². The van der Waals surface area contributed by atoms with Crippen LogP contribution in [0, 0.1) is 13.8 Å². The van der Waals surface area contributed by atoms with Crippen LogP contribution in [-0.4, -0.2) is 29.5 Å². The first-order valence-electron chi connectivity index (χ1n) is 6.27. The van der Waals surface area contributed by atoms with Crippen molar-refractivity contribution < 1.29 is 4.79 Å². The molecule has 0 unspecified atom stereocenters. The second-order valence-corrected chi connectivity index (χ2v) is 4.92. The fourth-order valence-corrected chi connectivity index (χ4v) is 2.32. The van der Waals surface area contributed by atoms with Gasteiger partial charge >= 0.3 is 0 Å². The van der Waals surface area contributed by atoms with Gasteiger partial charge in [0.05, 0.1) is 0 Å². The van der Waals surface area contributed by atoms with E-state index < -0.39 is 0 Å². The van der Waals surface area contributed by atoms with Gasteiger partial charge in [-0.25, -0.2) is 0 Å². The number of hydrogen-bond acceptors (Lipinski definition) is 1. The number of aryl methyl sites for hydroxylation is 2. The van der Waals surface area contributed by atoms with Crippen molar-refractivity contribution in [1.29, 1.82) is 0 Å². The molecule has 0 aliphatic heterocycles. The summed E-state index contributed by atoms with van der Waals surface area (Å²) in [6, 6.07) is 8.37. The molecule has 0 radical (unpaired) electrons. The summed E-state index contributed by atoms with van der Waals surface area (Å²) < 4.78 is 2.24. The first kappa shape index (κ1) is 12.7. The zero-order valence-electron chi connectivity index (χ0n) is 11.5. The van der Waals surface area contributed by atoms with Gasteiger partial charge in [0, 0.05) is 43.7 Å². The topological polar surface area (TPSA) is 25.2 Å². The summed E-state index contributed by atoms with van der Waals surface area (Å²) in [7, 11) is 3.60. The Hall–Kier alpha value is -1.77. The second kappa shape index (κ2) is 4.84. The number of hydrogen-bond donors (Lipinski definition) is 0. The molecule has 3 nitrogen and oxygen atoms in total. The van der Waals surface area contributed by atoms with Crippen LogP contribution in [0.15, 0.2) is 24.3 Å². The van der Waals surface area contributed by atoms with Crippen LogP contribution in [-0.2, 0) is 11.3 Å². The van der Waals surface area contributed by atoms with Crippen molar-refractivity contribution >= 4 is 16.8 Å². The first-order chi connectivity index (χ1) is 8.52. The zero-order valence-corrected chi connectivity index (χ0v) is 11.5. The van der Waals surface area contributed by atoms with Crippen LogP contribution in [0.4, 0.5) is 0 Å². The maximum atomic E-state index is 11.7. The van der Waals surface area contributed by atoms with Gasteiger partial charge in [0.15, 0.2) is 0 Å². The molecule has 0 bridgehead atoms. The number of nitrogens with zero attached hydrogens (tertiary/aromatic N) is 2. The molecular weight excluding hydrogens is 224 g/mol. The Balaban J connectivity index is 2.33. The minimum Gasteiger partial charge on any atom is -0.349 e. The Morgan fingerprint density at radius 3 is 2.56 bits per heavy atom. The van der Waals surface area contributed by atoms with E-state index >= 15 is 0 Å². The highest BCUT2D eigenvalue weighted by atomic mass is 16.2. The molecule has 0 atom stereocenters. The Kier molecular flexibility index (Phi) is 3.41. The fourth-order valence-electron chi connectivity index (χ4n) is 2.32. The summed E-state index contributed by atoms with van der Waals surface area (Å²) in [6.45, 7) is 5.01. The molecule has 1 heterocycles. The number of carbonyl (C=O) groups is 1. The lowest BCUT2D eigenvalue weighted by Crippen LogP contribution is -2.23. The number of aromatic nitrogens is 1. The van der Waals surface area contributed by atoms with E-state index in [4.69, 9.17) is 0 Å². The molecule has 3 heteroatoms. The molecule has 2 aromatic rings. The summed E-state index contributed by atoms with van der Waals surface area (Å²) >= 11 is 0. The molecular formula is C15H20N2O. The van der Waals surface area contributed by atoms with Crippen molar-refractivity contribution in [3.63, 3.8) is 0 Å². The third-order valence-electron chi connectivity index (χ3n) is 3.59. The lowest BCUT2D eigenvalue weighted by Gasteiger charge is -2.12. The first-order valence-corrected chi connectivity index (χ1v) is 6.27.